The number of halogens is 2. The molecule has 1 aromatic rings. The zero-order chi connectivity index (χ0) is 14.6. The molecule has 0 fully saturated rings. The predicted molar refractivity (Wildman–Crippen MR) is 74.4 cm³/mol. The van der Waals surface area contributed by atoms with Gasteiger partial charge in [0, 0.05) is 0 Å². The van der Waals surface area contributed by atoms with E-state index < -0.39 is 17.4 Å². The number of hydrogen-bond donors (Lipinski definition) is 3. The van der Waals surface area contributed by atoms with E-state index in [9.17, 15) is 9.59 Å². The summed E-state index contributed by atoms with van der Waals surface area (Å²) in [6.45, 7) is 2.89. The number of hydrogen-bond acceptors (Lipinski definition) is 3. The lowest BCUT2D eigenvalue weighted by molar-refractivity contribution is -0.137. The highest BCUT2D eigenvalue weighted by Crippen LogP contribution is 2.29. The van der Waals surface area contributed by atoms with Crippen molar-refractivity contribution < 1.29 is 14.7 Å². The molecule has 0 heterocycles. The molecule has 0 saturated heterocycles. The molecular formula is C12H14Cl2N2O3. The average molecular weight is 305 g/mol. The van der Waals surface area contributed by atoms with Crippen LogP contribution in [-0.4, -0.2) is 29.1 Å². The molecular weight excluding hydrogens is 291 g/mol. The van der Waals surface area contributed by atoms with Crippen LogP contribution in [0.15, 0.2) is 18.2 Å². The van der Waals surface area contributed by atoms with Crippen molar-refractivity contribution in [3.63, 3.8) is 0 Å². The van der Waals surface area contributed by atoms with Gasteiger partial charge >= 0.3 is 11.8 Å². The molecule has 0 spiro atoms. The van der Waals surface area contributed by atoms with E-state index >= 15 is 0 Å². The molecule has 5 nitrogen and oxygen atoms in total. The Bertz CT molecular complexity index is 504. The van der Waals surface area contributed by atoms with Crippen LogP contribution in [0.5, 0.6) is 0 Å². The van der Waals surface area contributed by atoms with E-state index in [2.05, 4.69) is 10.6 Å². The summed E-state index contributed by atoms with van der Waals surface area (Å²) in [5, 5.41) is 14.2. The number of rotatable bonds is 3. The monoisotopic (exact) mass is 304 g/mol. The summed E-state index contributed by atoms with van der Waals surface area (Å²) in [5.41, 5.74) is -0.636. The minimum Gasteiger partial charge on any atom is -0.394 e. The average Bonchev–Trinajstić information content (AvgIpc) is 2.34. The Kier molecular flexibility index (Phi) is 5.17. The van der Waals surface area contributed by atoms with Crippen molar-refractivity contribution >= 4 is 40.7 Å². The molecule has 3 N–H and O–H groups in total. The van der Waals surface area contributed by atoms with Crippen LogP contribution >= 0.6 is 23.2 Å². The number of anilines is 1. The number of aliphatic hydroxyl groups is 1. The fraction of sp³-hybridized carbons (Fsp3) is 0.333. The maximum Gasteiger partial charge on any atom is 0.313 e. The van der Waals surface area contributed by atoms with Crippen LogP contribution in [-0.2, 0) is 9.59 Å². The third kappa shape index (κ3) is 4.38. The highest BCUT2D eigenvalue weighted by Gasteiger charge is 2.24. The second kappa shape index (κ2) is 6.23. The SMILES string of the molecule is CC(C)(CO)NC(=O)C(=O)Nc1cccc(Cl)c1Cl. The molecule has 19 heavy (non-hydrogen) atoms. The zero-order valence-electron chi connectivity index (χ0n) is 10.5. The number of amides is 2. The molecule has 0 atom stereocenters. The molecule has 0 radical (unpaired) electrons. The smallest absolute Gasteiger partial charge is 0.313 e. The predicted octanol–water partition coefficient (Wildman–Crippen LogP) is 1.82. The van der Waals surface area contributed by atoms with Gasteiger partial charge in [-0.15, -0.1) is 0 Å². The van der Waals surface area contributed by atoms with Crippen molar-refractivity contribution in [3.8, 4) is 0 Å². The highest BCUT2D eigenvalue weighted by molar-refractivity contribution is 6.45. The van der Waals surface area contributed by atoms with Crippen LogP contribution < -0.4 is 10.6 Å². The van der Waals surface area contributed by atoms with Gasteiger partial charge in [0.05, 0.1) is 27.9 Å². The lowest BCUT2D eigenvalue weighted by Gasteiger charge is -2.22. The minimum absolute atomic E-state index is 0.159. The van der Waals surface area contributed by atoms with Crippen LogP contribution in [0, 0.1) is 0 Å². The highest BCUT2D eigenvalue weighted by atomic mass is 35.5. The van der Waals surface area contributed by atoms with Gasteiger partial charge in [0.1, 0.15) is 0 Å². The van der Waals surface area contributed by atoms with Gasteiger partial charge in [0.2, 0.25) is 0 Å². The quantitative estimate of drug-likeness (QED) is 0.745. The number of aliphatic hydroxyl groups excluding tert-OH is 1. The van der Waals surface area contributed by atoms with E-state index in [1.807, 2.05) is 0 Å². The van der Waals surface area contributed by atoms with Crippen LogP contribution in [0.1, 0.15) is 13.8 Å². The summed E-state index contributed by atoms with van der Waals surface area (Å²) in [7, 11) is 0. The molecule has 0 saturated carbocycles. The second-order valence-electron chi connectivity index (χ2n) is 4.55. The molecule has 0 bridgehead atoms. The number of nitrogens with one attached hydrogen (secondary N) is 2. The van der Waals surface area contributed by atoms with Gasteiger partial charge in [0.15, 0.2) is 0 Å². The Morgan fingerprint density at radius 3 is 2.47 bits per heavy atom. The Labute approximate surface area is 120 Å². The van der Waals surface area contributed by atoms with E-state index in [4.69, 9.17) is 28.3 Å². The van der Waals surface area contributed by atoms with Crippen LogP contribution in [0.4, 0.5) is 5.69 Å². The summed E-state index contributed by atoms with van der Waals surface area (Å²) < 4.78 is 0. The van der Waals surface area contributed by atoms with Gasteiger partial charge in [-0.25, -0.2) is 0 Å². The normalized spacial score (nSPS) is 11.0. The summed E-state index contributed by atoms with van der Waals surface area (Å²) >= 11 is 11.7. The third-order valence-corrected chi connectivity index (χ3v) is 3.07. The Morgan fingerprint density at radius 1 is 1.26 bits per heavy atom. The number of benzene rings is 1. The van der Waals surface area contributed by atoms with Crippen molar-refractivity contribution in [1.29, 1.82) is 0 Å². The van der Waals surface area contributed by atoms with Crippen molar-refractivity contribution in [2.45, 2.75) is 19.4 Å². The lowest BCUT2D eigenvalue weighted by Crippen LogP contribution is -2.50. The summed E-state index contributed by atoms with van der Waals surface area (Å²) in [5.74, 6) is -1.75. The van der Waals surface area contributed by atoms with Gasteiger partial charge in [-0.05, 0) is 26.0 Å². The Hall–Kier alpha value is -1.30. The van der Waals surface area contributed by atoms with Gasteiger partial charge in [-0.2, -0.15) is 0 Å². The van der Waals surface area contributed by atoms with Crippen molar-refractivity contribution in [3.05, 3.63) is 28.2 Å². The number of carbonyl (C=O) groups excluding carboxylic acids is 2. The molecule has 104 valence electrons. The first-order chi connectivity index (χ1) is 8.76. The zero-order valence-corrected chi connectivity index (χ0v) is 12.0. The van der Waals surface area contributed by atoms with Gasteiger partial charge in [-0.3, -0.25) is 9.59 Å². The van der Waals surface area contributed by atoms with E-state index in [0.717, 1.165) is 0 Å². The third-order valence-electron chi connectivity index (χ3n) is 2.25. The minimum atomic E-state index is -0.884. The topological polar surface area (TPSA) is 78.4 Å². The number of carbonyl (C=O) groups is 2. The summed E-state index contributed by atoms with van der Waals surface area (Å²) in [6, 6.07) is 4.68. The van der Waals surface area contributed by atoms with Gasteiger partial charge in [-0.1, -0.05) is 29.3 Å². The van der Waals surface area contributed by atoms with Crippen LogP contribution in [0.2, 0.25) is 10.0 Å². The van der Waals surface area contributed by atoms with E-state index in [1.165, 1.54) is 6.07 Å². The van der Waals surface area contributed by atoms with Gasteiger partial charge < -0.3 is 15.7 Å². The van der Waals surface area contributed by atoms with E-state index in [-0.39, 0.29) is 22.3 Å². The molecule has 2 amide bonds. The van der Waals surface area contributed by atoms with E-state index in [0.29, 0.717) is 0 Å². The maximum atomic E-state index is 11.7. The molecule has 0 aromatic heterocycles. The molecule has 1 aromatic carbocycles. The summed E-state index contributed by atoms with van der Waals surface area (Å²) in [6.07, 6.45) is 0. The van der Waals surface area contributed by atoms with Crippen LogP contribution in [0.3, 0.4) is 0 Å². The molecule has 0 unspecified atom stereocenters. The summed E-state index contributed by atoms with van der Waals surface area (Å²) in [4.78, 5) is 23.3. The largest absolute Gasteiger partial charge is 0.394 e. The first kappa shape index (κ1) is 15.8. The molecule has 0 aliphatic heterocycles. The molecule has 7 heteroatoms. The molecule has 1 rings (SSSR count). The molecule has 0 aliphatic carbocycles. The lowest BCUT2D eigenvalue weighted by atomic mass is 10.1. The van der Waals surface area contributed by atoms with Crippen molar-refractivity contribution in [2.75, 3.05) is 11.9 Å². The Balaban J connectivity index is 2.75. The second-order valence-corrected chi connectivity index (χ2v) is 5.34. The first-order valence-electron chi connectivity index (χ1n) is 5.45. The molecule has 0 aliphatic rings. The maximum absolute atomic E-state index is 11.7. The van der Waals surface area contributed by atoms with E-state index in [1.54, 1.807) is 26.0 Å². The Morgan fingerprint density at radius 2 is 1.89 bits per heavy atom. The van der Waals surface area contributed by atoms with Gasteiger partial charge in [0.25, 0.3) is 0 Å². The van der Waals surface area contributed by atoms with Crippen LogP contribution in [0.25, 0.3) is 0 Å². The van der Waals surface area contributed by atoms with Crippen molar-refractivity contribution in [1.82, 2.24) is 5.32 Å². The first-order valence-corrected chi connectivity index (χ1v) is 6.21. The van der Waals surface area contributed by atoms with Crippen molar-refractivity contribution in [2.24, 2.45) is 0 Å². The fourth-order valence-corrected chi connectivity index (χ4v) is 1.53. The standard InChI is InChI=1S/C12H14Cl2N2O3/c1-12(2,6-17)16-11(19)10(18)15-8-5-3-4-7(13)9(8)14/h3-5,17H,6H2,1-2H3,(H,15,18)(H,16,19). The fourth-order valence-electron chi connectivity index (χ4n) is 1.18.